The zero-order valence-electron chi connectivity index (χ0n) is 21.0. The third kappa shape index (κ3) is 5.65. The molecule has 0 radical (unpaired) electrons. The number of aryl methyl sites for hydroxylation is 1. The number of aromatic nitrogens is 2. The van der Waals surface area contributed by atoms with Crippen LogP contribution in [0.2, 0.25) is 0 Å². The molecule has 0 saturated heterocycles. The maximum Gasteiger partial charge on any atom is 0.341 e. The lowest BCUT2D eigenvalue weighted by Crippen LogP contribution is -2.37. The van der Waals surface area contributed by atoms with Crippen molar-refractivity contribution in [1.82, 2.24) is 8.96 Å². The Hall–Kier alpha value is -2.96. The summed E-state index contributed by atoms with van der Waals surface area (Å²) in [6.07, 6.45) is 5.26. The molecule has 0 atom stereocenters. The normalized spacial score (nSPS) is 18.6. The molecule has 1 saturated carbocycles. The molecule has 10 nitrogen and oxygen atoms in total. The third-order valence-electron chi connectivity index (χ3n) is 6.89. The Morgan fingerprint density at radius 1 is 1.11 bits per heavy atom. The number of rotatable bonds is 8. The van der Waals surface area contributed by atoms with Crippen LogP contribution in [0.15, 0.2) is 47.6 Å². The van der Waals surface area contributed by atoms with Gasteiger partial charge >= 0.3 is 5.97 Å². The molecule has 3 aromatic rings. The molecule has 0 amide bonds. The molecule has 1 aliphatic rings. The van der Waals surface area contributed by atoms with Gasteiger partial charge in [0.05, 0.1) is 22.9 Å². The molecule has 0 aliphatic heterocycles. The average molecular weight is 550 g/mol. The quantitative estimate of drug-likeness (QED) is 0.330. The molecular weight excluding hydrogens is 518 g/mol. The molecule has 1 aliphatic carbocycles. The summed E-state index contributed by atoms with van der Waals surface area (Å²) in [6.45, 7) is 3.75. The van der Waals surface area contributed by atoms with Gasteiger partial charge in [-0.2, -0.15) is 8.42 Å². The number of anilines is 1. The van der Waals surface area contributed by atoms with E-state index in [0.717, 1.165) is 9.54 Å². The number of pyridine rings is 1. The minimum absolute atomic E-state index is 0.0338. The van der Waals surface area contributed by atoms with Crippen molar-refractivity contribution in [1.29, 1.82) is 0 Å². The third-order valence-corrected chi connectivity index (χ3v) is 9.46. The van der Waals surface area contributed by atoms with Gasteiger partial charge in [-0.05, 0) is 63.6 Å². The van der Waals surface area contributed by atoms with Gasteiger partial charge in [-0.25, -0.2) is 22.2 Å². The van der Waals surface area contributed by atoms with E-state index >= 15 is 0 Å². The van der Waals surface area contributed by atoms with Gasteiger partial charge in [0.15, 0.2) is 5.65 Å². The minimum atomic E-state index is -4.05. The molecule has 1 N–H and O–H groups in total. The van der Waals surface area contributed by atoms with E-state index in [1.54, 1.807) is 37.3 Å². The Balaban J connectivity index is 1.75. The Labute approximate surface area is 217 Å². The Bertz CT molecular complexity index is 1510. The van der Waals surface area contributed by atoms with Gasteiger partial charge < -0.3 is 9.64 Å². The van der Waals surface area contributed by atoms with Crippen LogP contribution in [0.3, 0.4) is 0 Å². The van der Waals surface area contributed by atoms with Crippen LogP contribution in [-0.4, -0.2) is 61.8 Å². The number of benzene rings is 1. The molecule has 2 aromatic heterocycles. The van der Waals surface area contributed by atoms with Gasteiger partial charge in [-0.3, -0.25) is 4.55 Å². The highest BCUT2D eigenvalue weighted by atomic mass is 32.2. The van der Waals surface area contributed by atoms with E-state index in [2.05, 4.69) is 4.98 Å². The molecule has 1 fully saturated rings. The van der Waals surface area contributed by atoms with Gasteiger partial charge in [0.25, 0.3) is 20.1 Å². The Morgan fingerprint density at radius 2 is 1.76 bits per heavy atom. The smallest absolute Gasteiger partial charge is 0.341 e. The predicted octanol–water partition coefficient (Wildman–Crippen LogP) is 3.64. The molecule has 0 unspecified atom stereocenters. The molecule has 200 valence electrons. The molecule has 1 aromatic carbocycles. The molecule has 4 rings (SSSR count). The number of nitrogens with zero attached hydrogens (tertiary/aromatic N) is 3. The lowest BCUT2D eigenvalue weighted by molar-refractivity contribution is 0.0526. The van der Waals surface area contributed by atoms with Crippen molar-refractivity contribution >= 4 is 42.8 Å². The summed E-state index contributed by atoms with van der Waals surface area (Å²) in [5.74, 6) is -0.966. The van der Waals surface area contributed by atoms with Crippen molar-refractivity contribution in [3.05, 3.63) is 53.9 Å². The number of carbonyl (C=O) groups is 1. The molecule has 2 heterocycles. The summed E-state index contributed by atoms with van der Waals surface area (Å²) in [6, 6.07) is 8.13. The van der Waals surface area contributed by atoms with E-state index in [-0.39, 0.29) is 40.4 Å². The van der Waals surface area contributed by atoms with Crippen molar-refractivity contribution in [2.24, 2.45) is 5.92 Å². The monoisotopic (exact) mass is 549 g/mol. The highest BCUT2D eigenvalue weighted by Gasteiger charge is 2.31. The van der Waals surface area contributed by atoms with Gasteiger partial charge in [-0.15, -0.1) is 0 Å². The standard InChI is InChI=1S/C25H31N3O7S2/c1-4-35-25(29)22-15-26-24-21(13-14-28(24)37(33,34)20-11-5-17(2)6-12-20)23(22)27(3)19-9-7-18(8-10-19)16-36(30,31)32/h5-6,11-15,18-19H,4,7-10,16H2,1-3H3,(H,30,31,32). The first-order valence-electron chi connectivity index (χ1n) is 12.1. The van der Waals surface area contributed by atoms with Crippen molar-refractivity contribution in [2.75, 3.05) is 24.3 Å². The van der Waals surface area contributed by atoms with E-state index in [0.29, 0.717) is 36.8 Å². The first-order valence-corrected chi connectivity index (χ1v) is 15.1. The fourth-order valence-electron chi connectivity index (χ4n) is 4.98. The Kier molecular flexibility index (Phi) is 7.63. The second-order valence-electron chi connectivity index (χ2n) is 9.44. The molecule has 12 heteroatoms. The van der Waals surface area contributed by atoms with Crippen LogP contribution in [0.1, 0.15) is 48.5 Å². The van der Waals surface area contributed by atoms with Crippen molar-refractivity contribution in [2.45, 2.75) is 50.5 Å². The highest BCUT2D eigenvalue weighted by Crippen LogP contribution is 2.37. The van der Waals surface area contributed by atoms with E-state index < -0.39 is 26.1 Å². The largest absolute Gasteiger partial charge is 0.462 e. The number of hydrogen-bond donors (Lipinski definition) is 1. The first kappa shape index (κ1) is 27.1. The van der Waals surface area contributed by atoms with Crippen LogP contribution in [-0.2, 0) is 24.9 Å². The maximum atomic E-state index is 13.4. The lowest BCUT2D eigenvalue weighted by atomic mass is 9.86. The van der Waals surface area contributed by atoms with Crippen LogP contribution >= 0.6 is 0 Å². The predicted molar refractivity (Wildman–Crippen MR) is 140 cm³/mol. The molecule has 37 heavy (non-hydrogen) atoms. The SMILES string of the molecule is CCOC(=O)c1cnc2c(ccn2S(=O)(=O)c2ccc(C)cc2)c1N(C)C1CCC(CS(=O)(=O)O)CC1. The van der Waals surface area contributed by atoms with E-state index in [1.807, 2.05) is 18.9 Å². The van der Waals surface area contributed by atoms with E-state index in [1.165, 1.54) is 12.4 Å². The molecule has 0 bridgehead atoms. The van der Waals surface area contributed by atoms with Crippen LogP contribution < -0.4 is 4.90 Å². The summed E-state index contributed by atoms with van der Waals surface area (Å²) in [5, 5.41) is 0.490. The molecular formula is C25H31N3O7S2. The molecule has 0 spiro atoms. The highest BCUT2D eigenvalue weighted by molar-refractivity contribution is 7.90. The van der Waals surface area contributed by atoms with Crippen LogP contribution in [0.5, 0.6) is 0 Å². The summed E-state index contributed by atoms with van der Waals surface area (Å²) in [7, 11) is -6.15. The first-order chi connectivity index (χ1) is 17.4. The fourth-order valence-corrected chi connectivity index (χ4v) is 7.21. The summed E-state index contributed by atoms with van der Waals surface area (Å²) in [4.78, 5) is 19.3. The van der Waals surface area contributed by atoms with Gasteiger partial charge in [-0.1, -0.05) is 17.7 Å². The number of esters is 1. The van der Waals surface area contributed by atoms with Crippen molar-refractivity contribution < 1.29 is 30.9 Å². The van der Waals surface area contributed by atoms with Gasteiger partial charge in [0.1, 0.15) is 5.56 Å². The average Bonchev–Trinajstić information content (AvgIpc) is 3.28. The van der Waals surface area contributed by atoms with Gasteiger partial charge in [0, 0.05) is 30.9 Å². The summed E-state index contributed by atoms with van der Waals surface area (Å²) >= 11 is 0. The zero-order chi connectivity index (χ0) is 27.0. The number of hydrogen-bond acceptors (Lipinski definition) is 8. The summed E-state index contributed by atoms with van der Waals surface area (Å²) < 4.78 is 65.0. The van der Waals surface area contributed by atoms with E-state index in [9.17, 15) is 26.2 Å². The van der Waals surface area contributed by atoms with Crippen molar-refractivity contribution in [3.8, 4) is 0 Å². The topological polar surface area (TPSA) is 136 Å². The maximum absolute atomic E-state index is 13.4. The number of carbonyl (C=O) groups excluding carboxylic acids is 1. The number of ether oxygens (including phenoxy) is 1. The zero-order valence-corrected chi connectivity index (χ0v) is 22.6. The number of fused-ring (bicyclic) bond motifs is 1. The Morgan fingerprint density at radius 3 is 2.35 bits per heavy atom. The van der Waals surface area contributed by atoms with Crippen molar-refractivity contribution in [3.63, 3.8) is 0 Å². The van der Waals surface area contributed by atoms with Crippen LogP contribution in [0.4, 0.5) is 5.69 Å². The minimum Gasteiger partial charge on any atom is -0.462 e. The van der Waals surface area contributed by atoms with E-state index in [4.69, 9.17) is 4.74 Å². The van der Waals surface area contributed by atoms with Crippen LogP contribution in [0, 0.1) is 12.8 Å². The van der Waals surface area contributed by atoms with Crippen LogP contribution in [0.25, 0.3) is 11.0 Å². The second-order valence-corrected chi connectivity index (χ2v) is 12.8. The van der Waals surface area contributed by atoms with Gasteiger partial charge in [0.2, 0.25) is 0 Å². The second kappa shape index (κ2) is 10.4. The lowest BCUT2D eigenvalue weighted by Gasteiger charge is -2.36. The fraction of sp³-hybridized carbons (Fsp3) is 0.440. The summed E-state index contributed by atoms with van der Waals surface area (Å²) in [5.41, 5.74) is 1.86.